The second-order valence-corrected chi connectivity index (χ2v) is 7.14. The monoisotopic (exact) mass is 436 g/mol. The van der Waals surface area contributed by atoms with Gasteiger partial charge in [-0.1, -0.05) is 54.6 Å². The predicted molar refractivity (Wildman–Crippen MR) is 124 cm³/mol. The second kappa shape index (κ2) is 8.31. The van der Waals surface area contributed by atoms with Gasteiger partial charge in [0.05, 0.1) is 16.6 Å². The van der Waals surface area contributed by atoms with Crippen molar-refractivity contribution >= 4 is 39.0 Å². The van der Waals surface area contributed by atoms with Gasteiger partial charge >= 0.3 is 0 Å². The maximum atomic E-state index is 12.9. The van der Waals surface area contributed by atoms with Gasteiger partial charge in [-0.25, -0.2) is 5.43 Å². The van der Waals surface area contributed by atoms with Crippen molar-refractivity contribution in [2.24, 2.45) is 10.2 Å². The summed E-state index contributed by atoms with van der Waals surface area (Å²) in [6, 6.07) is 24.0. The third-order valence-corrected chi connectivity index (χ3v) is 5.06. The van der Waals surface area contributed by atoms with E-state index in [1.54, 1.807) is 60.7 Å². The molecule has 0 radical (unpaired) electrons. The zero-order valence-electron chi connectivity index (χ0n) is 17.1. The second-order valence-electron chi connectivity index (χ2n) is 7.14. The number of benzene rings is 4. The number of hydrogen-bond acceptors (Lipinski definition) is 7. The largest absolute Gasteiger partial charge is 0.506 e. The molecule has 9 nitrogen and oxygen atoms in total. The molecular weight excluding hydrogens is 420 g/mol. The van der Waals surface area contributed by atoms with Crippen LogP contribution in [0.1, 0.15) is 10.4 Å². The van der Waals surface area contributed by atoms with Gasteiger partial charge in [-0.3, -0.25) is 9.59 Å². The molecule has 0 bridgehead atoms. The summed E-state index contributed by atoms with van der Waals surface area (Å²) in [6.45, 7) is 0. The number of carbonyl (C=O) groups excluding carboxylic acids is 1. The smallest absolute Gasteiger partial charge is 0.297 e. The van der Waals surface area contributed by atoms with Crippen LogP contribution >= 0.6 is 0 Å². The summed E-state index contributed by atoms with van der Waals surface area (Å²) >= 11 is 0. The van der Waals surface area contributed by atoms with Crippen molar-refractivity contribution in [3.8, 4) is 5.75 Å². The van der Waals surface area contributed by atoms with Crippen LogP contribution in [0.5, 0.6) is 5.75 Å². The molecule has 0 unspecified atom stereocenters. The lowest BCUT2D eigenvalue weighted by Gasteiger charge is -2.08. The number of phenolic OH excluding ortho intramolecular Hbond substituents is 1. The highest BCUT2D eigenvalue weighted by Gasteiger charge is 2.14. The molecule has 2 N–H and O–H groups in total. The van der Waals surface area contributed by atoms with Crippen LogP contribution < -0.4 is 11.0 Å². The van der Waals surface area contributed by atoms with Crippen molar-refractivity contribution in [1.82, 2.24) is 15.1 Å². The van der Waals surface area contributed by atoms with Crippen LogP contribution in [0.4, 0.5) is 11.4 Å². The average Bonchev–Trinajstić information content (AvgIpc) is 2.85. The zero-order valence-corrected chi connectivity index (χ0v) is 17.1. The van der Waals surface area contributed by atoms with Gasteiger partial charge in [-0.05, 0) is 40.9 Å². The Labute approximate surface area is 186 Å². The number of nitrogens with one attached hydrogen (secondary N) is 1. The summed E-state index contributed by atoms with van der Waals surface area (Å²) in [5.74, 6) is -0.643. The normalized spacial score (nSPS) is 11.3. The van der Waals surface area contributed by atoms with Gasteiger partial charge in [-0.2, -0.15) is 0 Å². The number of azo groups is 1. The summed E-state index contributed by atoms with van der Waals surface area (Å²) in [7, 11) is 0. The van der Waals surface area contributed by atoms with Gasteiger partial charge in [0.25, 0.3) is 11.5 Å². The molecule has 0 aliphatic carbocycles. The number of amides is 1. The Hall–Kier alpha value is -4.92. The molecule has 1 aromatic heterocycles. The minimum Gasteiger partial charge on any atom is -0.506 e. The van der Waals surface area contributed by atoms with Crippen molar-refractivity contribution < 1.29 is 9.90 Å². The van der Waals surface area contributed by atoms with Gasteiger partial charge in [0.2, 0.25) is 0 Å². The molecule has 9 heteroatoms. The van der Waals surface area contributed by atoms with Crippen LogP contribution in [0.25, 0.3) is 21.7 Å². The number of aromatic nitrogens is 3. The number of hydrogen-bond donors (Lipinski definition) is 2. The van der Waals surface area contributed by atoms with E-state index in [1.807, 2.05) is 24.3 Å². The number of carbonyl (C=O) groups is 1. The molecule has 1 heterocycles. The van der Waals surface area contributed by atoms with Gasteiger partial charge in [0.15, 0.2) is 0 Å². The van der Waals surface area contributed by atoms with Crippen molar-refractivity contribution in [1.29, 1.82) is 0 Å². The van der Waals surface area contributed by atoms with Crippen LogP contribution in [0.2, 0.25) is 0 Å². The Morgan fingerprint density at radius 1 is 0.848 bits per heavy atom. The summed E-state index contributed by atoms with van der Waals surface area (Å²) in [5.41, 5.74) is 3.08. The minimum absolute atomic E-state index is 0.0302. The van der Waals surface area contributed by atoms with Crippen molar-refractivity contribution in [3.63, 3.8) is 0 Å². The maximum Gasteiger partial charge on any atom is 0.297 e. The fraction of sp³-hybridized carbons (Fsp3) is 0. The molecule has 0 aliphatic rings. The summed E-state index contributed by atoms with van der Waals surface area (Å²) in [4.78, 5) is 26.3. The van der Waals surface area contributed by atoms with E-state index < -0.39 is 11.5 Å². The van der Waals surface area contributed by atoms with E-state index in [-0.39, 0.29) is 17.0 Å². The standard InChI is InChI=1S/C24H16N6O3/c31-21-14-13-15-7-1-2-8-16(15)22(21)27-25-19-11-5-3-9-17(19)23(32)28-30-24(33)18-10-4-6-12-20(18)26-29-30/h1-14,31H,(H,28,32). The Balaban J connectivity index is 1.49. The topological polar surface area (TPSA) is 122 Å². The van der Waals surface area contributed by atoms with E-state index in [2.05, 4.69) is 26.0 Å². The number of aromatic hydroxyl groups is 1. The number of nitrogens with zero attached hydrogens (tertiary/aromatic N) is 5. The Morgan fingerprint density at radius 3 is 2.45 bits per heavy atom. The highest BCUT2D eigenvalue weighted by molar-refractivity contribution is 6.04. The van der Waals surface area contributed by atoms with Crippen molar-refractivity contribution in [2.45, 2.75) is 0 Å². The third kappa shape index (κ3) is 3.79. The highest BCUT2D eigenvalue weighted by atomic mass is 16.3. The third-order valence-electron chi connectivity index (χ3n) is 5.06. The molecule has 0 fully saturated rings. The van der Waals surface area contributed by atoms with E-state index in [0.29, 0.717) is 16.6 Å². The highest BCUT2D eigenvalue weighted by Crippen LogP contribution is 2.36. The minimum atomic E-state index is -0.613. The first-order valence-corrected chi connectivity index (χ1v) is 9.99. The number of phenols is 1. The Bertz CT molecular complexity index is 1610. The van der Waals surface area contributed by atoms with E-state index in [9.17, 15) is 14.7 Å². The Kier molecular flexibility index (Phi) is 5.04. The fourth-order valence-corrected chi connectivity index (χ4v) is 3.42. The molecule has 1 amide bonds. The summed E-state index contributed by atoms with van der Waals surface area (Å²) in [5, 5.41) is 28.4. The predicted octanol–water partition coefficient (Wildman–Crippen LogP) is 4.45. The number of rotatable bonds is 4. The van der Waals surface area contributed by atoms with Gasteiger partial charge in [0, 0.05) is 5.39 Å². The number of fused-ring (bicyclic) bond motifs is 2. The molecule has 5 rings (SSSR count). The SMILES string of the molecule is O=C(Nn1nnc2ccccc2c1=O)c1ccccc1N=Nc1c(O)ccc2ccccc12. The molecule has 0 aliphatic heterocycles. The molecule has 0 atom stereocenters. The average molecular weight is 436 g/mol. The lowest BCUT2D eigenvalue weighted by Crippen LogP contribution is -2.35. The van der Waals surface area contributed by atoms with E-state index in [4.69, 9.17) is 0 Å². The molecule has 33 heavy (non-hydrogen) atoms. The first kappa shape index (κ1) is 20.0. The van der Waals surface area contributed by atoms with E-state index >= 15 is 0 Å². The molecule has 160 valence electrons. The van der Waals surface area contributed by atoms with Crippen molar-refractivity contribution in [2.75, 3.05) is 5.43 Å². The van der Waals surface area contributed by atoms with Gasteiger partial charge in [-0.15, -0.1) is 20.1 Å². The van der Waals surface area contributed by atoms with Crippen LogP contribution in [0.15, 0.2) is 100.0 Å². The maximum absolute atomic E-state index is 12.9. The van der Waals surface area contributed by atoms with Crippen LogP contribution in [-0.4, -0.2) is 26.1 Å². The summed E-state index contributed by atoms with van der Waals surface area (Å²) in [6.07, 6.45) is 0. The molecule has 0 spiro atoms. The first-order chi connectivity index (χ1) is 16.1. The first-order valence-electron chi connectivity index (χ1n) is 9.99. The van der Waals surface area contributed by atoms with Crippen LogP contribution in [0, 0.1) is 0 Å². The van der Waals surface area contributed by atoms with Gasteiger partial charge in [0.1, 0.15) is 17.0 Å². The molecule has 4 aromatic carbocycles. The van der Waals surface area contributed by atoms with E-state index in [1.165, 1.54) is 0 Å². The molecule has 0 saturated heterocycles. The van der Waals surface area contributed by atoms with E-state index in [0.717, 1.165) is 15.6 Å². The van der Waals surface area contributed by atoms with Gasteiger partial charge < -0.3 is 5.11 Å². The van der Waals surface area contributed by atoms with Crippen LogP contribution in [0.3, 0.4) is 0 Å². The Morgan fingerprint density at radius 2 is 1.58 bits per heavy atom. The lowest BCUT2D eigenvalue weighted by molar-refractivity contribution is 0.100. The lowest BCUT2D eigenvalue weighted by atomic mass is 10.1. The molecular formula is C24H16N6O3. The molecule has 5 aromatic rings. The quantitative estimate of drug-likeness (QED) is 0.403. The molecule has 0 saturated carbocycles. The van der Waals surface area contributed by atoms with Crippen molar-refractivity contribution in [3.05, 3.63) is 101 Å². The summed E-state index contributed by atoms with van der Waals surface area (Å²) < 4.78 is 0. The van der Waals surface area contributed by atoms with Crippen LogP contribution in [-0.2, 0) is 0 Å². The fourth-order valence-electron chi connectivity index (χ4n) is 3.42. The zero-order chi connectivity index (χ0) is 22.8.